The SMILES string of the molecule is CC(C)N(Cc1ccccc1)C[C@@H](O)[C@H](Cc1ccccc1)NC(=O)[C@H](C)N1CC[C@]2(C[C@H](F)CN2CC2CC2)C1=O. The van der Waals surface area contributed by atoms with Gasteiger partial charge in [0.15, 0.2) is 0 Å². The van der Waals surface area contributed by atoms with Crippen LogP contribution < -0.4 is 5.32 Å². The molecule has 3 aliphatic rings. The molecule has 0 unspecified atom stereocenters. The number of carbonyl (C=O) groups excluding carboxylic acids is 2. The van der Waals surface area contributed by atoms with Crippen LogP contribution in [0.1, 0.15) is 57.6 Å². The summed E-state index contributed by atoms with van der Waals surface area (Å²) in [5.41, 5.74) is 1.35. The lowest BCUT2D eigenvalue weighted by atomic mass is 9.93. The van der Waals surface area contributed by atoms with Crippen molar-refractivity contribution in [3.8, 4) is 0 Å². The smallest absolute Gasteiger partial charge is 0.243 e. The number of nitrogens with zero attached hydrogens (tertiary/aromatic N) is 3. The number of alkyl halides is 1. The van der Waals surface area contributed by atoms with Crippen LogP contribution in [0.15, 0.2) is 60.7 Å². The van der Waals surface area contributed by atoms with E-state index in [1.807, 2.05) is 48.5 Å². The lowest BCUT2D eigenvalue weighted by Gasteiger charge is -2.35. The largest absolute Gasteiger partial charge is 0.390 e. The van der Waals surface area contributed by atoms with Gasteiger partial charge in [0.25, 0.3) is 0 Å². The van der Waals surface area contributed by atoms with Crippen molar-refractivity contribution in [3.63, 3.8) is 0 Å². The first kappa shape index (κ1) is 30.6. The number of benzene rings is 2. The molecule has 2 aromatic rings. The van der Waals surface area contributed by atoms with Crippen molar-refractivity contribution in [1.29, 1.82) is 0 Å². The van der Waals surface area contributed by atoms with Gasteiger partial charge in [0.05, 0.1) is 12.1 Å². The van der Waals surface area contributed by atoms with Crippen molar-refractivity contribution in [2.45, 2.75) is 95.4 Å². The number of halogens is 1. The summed E-state index contributed by atoms with van der Waals surface area (Å²) in [6.45, 7) is 8.54. The third-order valence-electron chi connectivity index (χ3n) is 9.50. The maximum Gasteiger partial charge on any atom is 0.243 e. The van der Waals surface area contributed by atoms with Crippen molar-refractivity contribution in [1.82, 2.24) is 20.0 Å². The number of aliphatic hydroxyl groups is 1. The second-order valence-electron chi connectivity index (χ2n) is 13.0. The minimum atomic E-state index is -1.01. The first-order chi connectivity index (χ1) is 20.2. The number of rotatable bonds is 13. The van der Waals surface area contributed by atoms with Crippen LogP contribution in [-0.2, 0) is 22.6 Å². The molecule has 3 fully saturated rings. The van der Waals surface area contributed by atoms with Gasteiger partial charge in [-0.15, -0.1) is 0 Å². The Labute approximate surface area is 250 Å². The molecule has 5 rings (SSSR count). The van der Waals surface area contributed by atoms with Gasteiger partial charge in [-0.2, -0.15) is 0 Å². The number of aliphatic hydroxyl groups excluding tert-OH is 1. The first-order valence-corrected chi connectivity index (χ1v) is 15.7. The normalized spacial score (nSPS) is 25.0. The number of hydrogen-bond acceptors (Lipinski definition) is 5. The van der Waals surface area contributed by atoms with Crippen molar-refractivity contribution in [2.24, 2.45) is 5.92 Å². The zero-order chi connectivity index (χ0) is 29.9. The number of likely N-dealkylation sites (tertiary alicyclic amines) is 2. The van der Waals surface area contributed by atoms with E-state index in [0.717, 1.165) is 30.5 Å². The van der Waals surface area contributed by atoms with Crippen LogP contribution in [0.4, 0.5) is 4.39 Å². The summed E-state index contributed by atoms with van der Waals surface area (Å²) in [6, 6.07) is 18.9. The van der Waals surface area contributed by atoms with Crippen LogP contribution in [0.2, 0.25) is 0 Å². The van der Waals surface area contributed by atoms with E-state index in [0.29, 0.717) is 44.9 Å². The van der Waals surface area contributed by atoms with Crippen LogP contribution >= 0.6 is 0 Å². The molecule has 7 nitrogen and oxygen atoms in total. The van der Waals surface area contributed by atoms with Crippen LogP contribution in [0, 0.1) is 5.92 Å². The average Bonchev–Trinajstić information content (AvgIpc) is 3.66. The monoisotopic (exact) mass is 578 g/mol. The molecule has 42 heavy (non-hydrogen) atoms. The molecule has 2 heterocycles. The van der Waals surface area contributed by atoms with Gasteiger partial charge < -0.3 is 15.3 Å². The van der Waals surface area contributed by atoms with E-state index < -0.39 is 29.9 Å². The van der Waals surface area contributed by atoms with Gasteiger partial charge in [-0.3, -0.25) is 19.4 Å². The quantitative estimate of drug-likeness (QED) is 0.378. The molecule has 0 aromatic heterocycles. The molecule has 2 aliphatic heterocycles. The summed E-state index contributed by atoms with van der Waals surface area (Å²) in [5, 5.41) is 14.7. The lowest BCUT2D eigenvalue weighted by molar-refractivity contribution is -0.143. The Morgan fingerprint density at radius 3 is 2.33 bits per heavy atom. The molecular weight excluding hydrogens is 531 g/mol. The summed E-state index contributed by atoms with van der Waals surface area (Å²) in [6.07, 6.45) is 1.68. The van der Waals surface area contributed by atoms with E-state index in [1.54, 1.807) is 11.8 Å². The molecule has 228 valence electrons. The van der Waals surface area contributed by atoms with Gasteiger partial charge in [-0.1, -0.05) is 60.7 Å². The average molecular weight is 579 g/mol. The Morgan fingerprint density at radius 2 is 1.71 bits per heavy atom. The third-order valence-corrected chi connectivity index (χ3v) is 9.50. The van der Waals surface area contributed by atoms with E-state index in [9.17, 15) is 19.1 Å². The van der Waals surface area contributed by atoms with Crippen LogP contribution in [0.3, 0.4) is 0 Å². The molecular formula is C34H47FN4O3. The highest BCUT2D eigenvalue weighted by molar-refractivity contribution is 5.94. The van der Waals surface area contributed by atoms with Crippen molar-refractivity contribution < 1.29 is 19.1 Å². The van der Waals surface area contributed by atoms with Crippen LogP contribution in [-0.4, -0.2) is 93.7 Å². The van der Waals surface area contributed by atoms with E-state index in [2.05, 4.69) is 41.1 Å². The summed E-state index contributed by atoms with van der Waals surface area (Å²) in [5.74, 6) is 0.144. The van der Waals surface area contributed by atoms with Gasteiger partial charge in [-0.25, -0.2) is 4.39 Å². The third kappa shape index (κ3) is 7.04. The number of nitrogens with one attached hydrogen (secondary N) is 1. The Hall–Kier alpha value is -2.81. The lowest BCUT2D eigenvalue weighted by Crippen LogP contribution is -2.57. The summed E-state index contributed by atoms with van der Waals surface area (Å²) >= 11 is 0. The van der Waals surface area contributed by atoms with E-state index in [1.165, 1.54) is 0 Å². The Morgan fingerprint density at radius 1 is 1.07 bits per heavy atom. The summed E-state index contributed by atoms with van der Waals surface area (Å²) in [4.78, 5) is 33.4. The molecule has 8 heteroatoms. The minimum Gasteiger partial charge on any atom is -0.390 e. The van der Waals surface area contributed by atoms with Crippen LogP contribution in [0.25, 0.3) is 0 Å². The highest BCUT2D eigenvalue weighted by Gasteiger charge is 2.58. The maximum absolute atomic E-state index is 14.6. The van der Waals surface area contributed by atoms with E-state index >= 15 is 0 Å². The van der Waals surface area contributed by atoms with Gasteiger partial charge in [0.2, 0.25) is 11.8 Å². The fourth-order valence-electron chi connectivity index (χ4n) is 6.71. The van der Waals surface area contributed by atoms with Crippen molar-refractivity contribution in [2.75, 3.05) is 26.2 Å². The summed E-state index contributed by atoms with van der Waals surface area (Å²) < 4.78 is 14.6. The van der Waals surface area contributed by atoms with Crippen molar-refractivity contribution >= 4 is 11.8 Å². The first-order valence-electron chi connectivity index (χ1n) is 15.7. The predicted molar refractivity (Wildman–Crippen MR) is 162 cm³/mol. The van der Waals surface area contributed by atoms with E-state index in [-0.39, 0.29) is 24.3 Å². The van der Waals surface area contributed by atoms with Crippen molar-refractivity contribution in [3.05, 3.63) is 71.8 Å². The molecule has 5 atom stereocenters. The molecule has 1 saturated carbocycles. The van der Waals surface area contributed by atoms with Gasteiger partial charge >= 0.3 is 0 Å². The second-order valence-corrected chi connectivity index (χ2v) is 13.0. The maximum atomic E-state index is 14.6. The van der Waals surface area contributed by atoms with E-state index in [4.69, 9.17) is 0 Å². The topological polar surface area (TPSA) is 76.1 Å². The molecule has 2 saturated heterocycles. The van der Waals surface area contributed by atoms with Crippen LogP contribution in [0.5, 0.6) is 0 Å². The molecule has 1 spiro atoms. The Kier molecular flexibility index (Phi) is 9.65. The Bertz CT molecular complexity index is 1190. The molecule has 0 bridgehead atoms. The second kappa shape index (κ2) is 13.2. The summed E-state index contributed by atoms with van der Waals surface area (Å²) in [7, 11) is 0. The number of carbonyl (C=O) groups is 2. The zero-order valence-electron chi connectivity index (χ0n) is 25.3. The standard InChI is InChI=1S/C34H47FN4O3/c1-24(2)37(20-27-12-8-5-9-13-27)23-31(40)30(18-26-10-6-4-7-11-26)36-32(41)25(3)39-17-16-34(33(39)42)19-29(35)22-38(34)21-28-14-15-28/h4-13,24-25,28-31,40H,14-23H2,1-3H3,(H,36,41)/t25-,29-,30-,31+,34-/m0/s1. The predicted octanol–water partition coefficient (Wildman–Crippen LogP) is 3.80. The molecule has 2 aromatic carbocycles. The fraction of sp³-hybridized carbons (Fsp3) is 0.588. The van der Waals surface area contributed by atoms with Gasteiger partial charge in [0.1, 0.15) is 17.8 Å². The highest BCUT2D eigenvalue weighted by atomic mass is 19.1. The van der Waals surface area contributed by atoms with Gasteiger partial charge in [-0.05, 0) is 63.5 Å². The molecule has 0 radical (unpaired) electrons. The Balaban J connectivity index is 1.28. The molecule has 2 amide bonds. The number of hydrogen-bond donors (Lipinski definition) is 2. The molecule has 1 aliphatic carbocycles. The zero-order valence-corrected chi connectivity index (χ0v) is 25.3. The fourth-order valence-corrected chi connectivity index (χ4v) is 6.71. The number of amides is 2. The highest BCUT2D eigenvalue weighted by Crippen LogP contribution is 2.43. The van der Waals surface area contributed by atoms with Gasteiger partial charge in [0, 0.05) is 45.2 Å². The minimum absolute atomic E-state index is 0.125. The molecule has 2 N–H and O–H groups in total.